The minimum atomic E-state index is -3.51. The quantitative estimate of drug-likeness (QED) is 0.667. The summed E-state index contributed by atoms with van der Waals surface area (Å²) >= 11 is 0. The van der Waals surface area contributed by atoms with Crippen molar-refractivity contribution in [2.24, 2.45) is 11.7 Å². The zero-order valence-electron chi connectivity index (χ0n) is 10.9. The molecule has 4 N–H and O–H groups in total. The van der Waals surface area contributed by atoms with E-state index in [1.165, 1.54) is 10.6 Å². The summed E-state index contributed by atoms with van der Waals surface area (Å²) in [5.74, 6) is 0.738. The van der Waals surface area contributed by atoms with Crippen LogP contribution < -0.4 is 10.5 Å². The van der Waals surface area contributed by atoms with Crippen molar-refractivity contribution < 1.29 is 8.42 Å². The van der Waals surface area contributed by atoms with Crippen LogP contribution in [-0.2, 0) is 10.2 Å². The molecule has 0 radical (unpaired) electrons. The van der Waals surface area contributed by atoms with Crippen LogP contribution in [0.25, 0.3) is 0 Å². The molecule has 0 aliphatic carbocycles. The molecule has 0 saturated carbocycles. The molecular formula is C10H20N6O2S. The number of hydrogen-bond acceptors (Lipinski definition) is 5. The Balaban J connectivity index is 2.01. The molecule has 0 spiro atoms. The number of nitrogens with one attached hydrogen (secondary N) is 2. The summed E-state index contributed by atoms with van der Waals surface area (Å²) in [6, 6.07) is -0.439. The second-order valence-corrected chi connectivity index (χ2v) is 6.52. The van der Waals surface area contributed by atoms with Crippen molar-refractivity contribution in [3.05, 3.63) is 12.2 Å². The maximum absolute atomic E-state index is 12.3. The van der Waals surface area contributed by atoms with Crippen LogP contribution in [0.15, 0.2) is 6.33 Å². The molecule has 1 aromatic heterocycles. The van der Waals surface area contributed by atoms with Crippen molar-refractivity contribution in [1.82, 2.24) is 24.2 Å². The Labute approximate surface area is 113 Å². The van der Waals surface area contributed by atoms with Gasteiger partial charge in [0.1, 0.15) is 12.2 Å². The minimum absolute atomic E-state index is 0.242. The van der Waals surface area contributed by atoms with Crippen molar-refractivity contribution in [3.8, 4) is 0 Å². The van der Waals surface area contributed by atoms with Gasteiger partial charge < -0.3 is 5.73 Å². The molecule has 0 amide bonds. The second kappa shape index (κ2) is 5.95. The molecule has 9 heteroatoms. The lowest BCUT2D eigenvalue weighted by molar-refractivity contribution is 0.267. The Bertz CT molecular complexity index is 488. The highest BCUT2D eigenvalue weighted by Crippen LogP contribution is 2.19. The standard InChI is InChI=1S/C10H20N6O2S/c1-8(10-12-7-13-14-10)15-19(17,18)16-4-2-3-9(5-11)6-16/h7-9,15H,2-6,11H2,1H3,(H,12,13,14). The molecule has 2 heterocycles. The number of rotatable bonds is 5. The zero-order chi connectivity index (χ0) is 13.9. The van der Waals surface area contributed by atoms with E-state index >= 15 is 0 Å². The van der Waals surface area contributed by atoms with Crippen molar-refractivity contribution in [2.45, 2.75) is 25.8 Å². The largest absolute Gasteiger partial charge is 0.330 e. The van der Waals surface area contributed by atoms with Gasteiger partial charge in [0.2, 0.25) is 0 Å². The summed E-state index contributed by atoms with van der Waals surface area (Å²) in [4.78, 5) is 3.94. The predicted octanol–water partition coefficient (Wildman–Crippen LogP) is -0.629. The Kier molecular flexibility index (Phi) is 4.50. The minimum Gasteiger partial charge on any atom is -0.330 e. The van der Waals surface area contributed by atoms with Gasteiger partial charge in [-0.2, -0.15) is 22.5 Å². The van der Waals surface area contributed by atoms with Gasteiger partial charge in [0, 0.05) is 13.1 Å². The number of nitrogens with two attached hydrogens (primary N) is 1. The highest BCUT2D eigenvalue weighted by molar-refractivity contribution is 7.87. The summed E-state index contributed by atoms with van der Waals surface area (Å²) in [6.07, 6.45) is 3.19. The first-order valence-electron chi connectivity index (χ1n) is 6.35. The maximum Gasteiger partial charge on any atom is 0.280 e. The third-order valence-electron chi connectivity index (χ3n) is 3.32. The Morgan fingerprint density at radius 3 is 3.11 bits per heavy atom. The third-order valence-corrected chi connectivity index (χ3v) is 4.99. The van der Waals surface area contributed by atoms with Crippen LogP contribution in [0.1, 0.15) is 31.6 Å². The SMILES string of the molecule is CC(NS(=O)(=O)N1CCCC(CN)C1)c1ncn[nH]1. The first-order chi connectivity index (χ1) is 9.03. The van der Waals surface area contributed by atoms with Crippen molar-refractivity contribution in [2.75, 3.05) is 19.6 Å². The fourth-order valence-corrected chi connectivity index (χ4v) is 3.70. The van der Waals surface area contributed by atoms with Crippen LogP contribution in [0.2, 0.25) is 0 Å². The number of nitrogens with zero attached hydrogens (tertiary/aromatic N) is 3. The van der Waals surface area contributed by atoms with Crippen molar-refractivity contribution in [1.29, 1.82) is 0 Å². The summed E-state index contributed by atoms with van der Waals surface area (Å²) < 4.78 is 28.6. The molecule has 1 aliphatic rings. The van der Waals surface area contributed by atoms with Crippen LogP contribution >= 0.6 is 0 Å². The fraction of sp³-hybridized carbons (Fsp3) is 0.800. The molecule has 1 aliphatic heterocycles. The normalized spacial score (nSPS) is 23.4. The van der Waals surface area contributed by atoms with Gasteiger partial charge in [0.25, 0.3) is 10.2 Å². The van der Waals surface area contributed by atoms with E-state index in [0.29, 0.717) is 25.5 Å². The van der Waals surface area contributed by atoms with Gasteiger partial charge in [0.15, 0.2) is 0 Å². The van der Waals surface area contributed by atoms with E-state index in [4.69, 9.17) is 5.73 Å². The molecule has 108 valence electrons. The van der Waals surface area contributed by atoms with Crippen molar-refractivity contribution in [3.63, 3.8) is 0 Å². The third kappa shape index (κ3) is 3.50. The number of H-pyrrole nitrogens is 1. The van der Waals surface area contributed by atoms with E-state index in [2.05, 4.69) is 19.9 Å². The van der Waals surface area contributed by atoms with Crippen LogP contribution in [0.4, 0.5) is 0 Å². The zero-order valence-corrected chi connectivity index (χ0v) is 11.7. The molecule has 0 bridgehead atoms. The fourth-order valence-electron chi connectivity index (χ4n) is 2.21. The number of aromatic nitrogens is 3. The smallest absolute Gasteiger partial charge is 0.280 e. The van der Waals surface area contributed by atoms with E-state index in [1.807, 2.05) is 0 Å². The summed E-state index contributed by atoms with van der Waals surface area (Å²) in [6.45, 7) is 3.26. The van der Waals surface area contributed by atoms with Gasteiger partial charge in [-0.15, -0.1) is 0 Å². The Morgan fingerprint density at radius 2 is 2.47 bits per heavy atom. The van der Waals surface area contributed by atoms with E-state index in [9.17, 15) is 8.42 Å². The van der Waals surface area contributed by atoms with Gasteiger partial charge in [0.05, 0.1) is 6.04 Å². The Morgan fingerprint density at radius 1 is 1.68 bits per heavy atom. The number of aromatic amines is 1. The van der Waals surface area contributed by atoms with Gasteiger partial charge >= 0.3 is 0 Å². The van der Waals surface area contributed by atoms with Gasteiger partial charge in [-0.3, -0.25) is 5.10 Å². The lowest BCUT2D eigenvalue weighted by atomic mass is 10.0. The van der Waals surface area contributed by atoms with E-state index in [1.54, 1.807) is 6.92 Å². The average molecular weight is 288 g/mol. The summed E-state index contributed by atoms with van der Waals surface area (Å²) in [5, 5.41) is 6.37. The number of piperidine rings is 1. The highest BCUT2D eigenvalue weighted by atomic mass is 32.2. The maximum atomic E-state index is 12.3. The molecule has 1 fully saturated rings. The molecule has 1 aromatic rings. The van der Waals surface area contributed by atoms with E-state index in [-0.39, 0.29) is 5.92 Å². The molecule has 2 rings (SSSR count). The van der Waals surface area contributed by atoms with Crippen LogP contribution in [0.5, 0.6) is 0 Å². The highest BCUT2D eigenvalue weighted by Gasteiger charge is 2.29. The summed E-state index contributed by atoms with van der Waals surface area (Å²) in [5.41, 5.74) is 5.62. The Hall–Kier alpha value is -1.03. The monoisotopic (exact) mass is 288 g/mol. The lowest BCUT2D eigenvalue weighted by Crippen LogP contribution is -2.47. The average Bonchev–Trinajstić information content (AvgIpc) is 2.92. The molecule has 19 heavy (non-hydrogen) atoms. The van der Waals surface area contributed by atoms with Crippen LogP contribution in [0, 0.1) is 5.92 Å². The number of hydrogen-bond donors (Lipinski definition) is 3. The van der Waals surface area contributed by atoms with E-state index in [0.717, 1.165) is 12.8 Å². The van der Waals surface area contributed by atoms with Gasteiger partial charge in [-0.05, 0) is 32.2 Å². The van der Waals surface area contributed by atoms with Crippen LogP contribution in [0.3, 0.4) is 0 Å². The topological polar surface area (TPSA) is 117 Å². The summed E-state index contributed by atoms with van der Waals surface area (Å²) in [7, 11) is -3.51. The molecule has 0 aromatic carbocycles. The molecule has 2 unspecified atom stereocenters. The predicted molar refractivity (Wildman–Crippen MR) is 70.2 cm³/mol. The molecular weight excluding hydrogens is 268 g/mol. The molecule has 1 saturated heterocycles. The van der Waals surface area contributed by atoms with Crippen molar-refractivity contribution >= 4 is 10.2 Å². The lowest BCUT2D eigenvalue weighted by Gasteiger charge is -2.31. The molecule has 8 nitrogen and oxygen atoms in total. The van der Waals surface area contributed by atoms with Gasteiger partial charge in [-0.25, -0.2) is 4.98 Å². The second-order valence-electron chi connectivity index (χ2n) is 4.82. The van der Waals surface area contributed by atoms with Crippen LogP contribution in [-0.4, -0.2) is 47.5 Å². The van der Waals surface area contributed by atoms with Gasteiger partial charge in [-0.1, -0.05) is 0 Å². The van der Waals surface area contributed by atoms with E-state index < -0.39 is 16.3 Å². The molecule has 2 atom stereocenters. The first-order valence-corrected chi connectivity index (χ1v) is 7.79. The first kappa shape index (κ1) is 14.4.